The highest BCUT2D eigenvalue weighted by molar-refractivity contribution is 5.23. The topological polar surface area (TPSA) is 3.24 Å². The van der Waals surface area contributed by atoms with Gasteiger partial charge in [-0.05, 0) is 27.3 Å². The monoisotopic (exact) mass is 183 g/mol. The minimum atomic E-state index is -1.23. The fourth-order valence-electron chi connectivity index (χ4n) is 1.26. The minimum Gasteiger partial charge on any atom is -0.295 e. The summed E-state index contributed by atoms with van der Waals surface area (Å²) in [5.41, 5.74) is -1.32. The minimum absolute atomic E-state index is 0.0915. The van der Waals surface area contributed by atoms with Crippen molar-refractivity contribution in [2.75, 3.05) is 19.6 Å². The van der Waals surface area contributed by atoms with Crippen LogP contribution in [0.3, 0.4) is 0 Å². The second-order valence-corrected chi connectivity index (χ2v) is 4.77. The molecule has 0 aromatic carbocycles. The molecule has 0 aromatic rings. The van der Waals surface area contributed by atoms with Gasteiger partial charge >= 0.3 is 0 Å². The molecule has 0 N–H and O–H groups in total. The average molecular weight is 183 g/mol. The molecule has 0 saturated carbocycles. The molecule has 1 aliphatic heterocycles. The summed E-state index contributed by atoms with van der Waals surface area (Å²) in [4.78, 5) is 2.05. The van der Waals surface area contributed by atoms with Crippen LogP contribution in [0, 0.1) is 17.3 Å². The molecule has 0 aliphatic carbocycles. The summed E-state index contributed by atoms with van der Waals surface area (Å²) in [7, 11) is 0. The lowest BCUT2D eigenvalue weighted by Crippen LogP contribution is -2.57. The van der Waals surface area contributed by atoms with Gasteiger partial charge in [-0.1, -0.05) is 18.8 Å². The van der Waals surface area contributed by atoms with E-state index >= 15 is 0 Å². The van der Waals surface area contributed by atoms with Gasteiger partial charge in [0.15, 0.2) is 5.67 Å². The van der Waals surface area contributed by atoms with Crippen molar-refractivity contribution >= 4 is 0 Å². The van der Waals surface area contributed by atoms with Gasteiger partial charge in [0, 0.05) is 18.5 Å². The van der Waals surface area contributed by atoms with Crippen LogP contribution < -0.4 is 0 Å². The molecule has 1 fully saturated rings. The highest BCUT2D eigenvalue weighted by atomic mass is 19.1. The van der Waals surface area contributed by atoms with Crippen LogP contribution in [0.1, 0.15) is 27.7 Å². The Kier molecular flexibility index (Phi) is 2.68. The van der Waals surface area contributed by atoms with Crippen molar-refractivity contribution in [3.8, 4) is 11.8 Å². The van der Waals surface area contributed by atoms with Crippen molar-refractivity contribution in [3.05, 3.63) is 0 Å². The first-order chi connectivity index (χ1) is 5.85. The van der Waals surface area contributed by atoms with E-state index in [1.807, 2.05) is 27.7 Å². The lowest BCUT2D eigenvalue weighted by atomic mass is 9.92. The van der Waals surface area contributed by atoms with Crippen LogP contribution in [0.15, 0.2) is 0 Å². The molecular weight excluding hydrogens is 165 g/mol. The maximum Gasteiger partial charge on any atom is 0.195 e. The standard InChI is InChI=1S/C11H18FN/c1-5-13-8-11(12,9-13)7-6-10(2,3)4/h5,8-9H2,1-4H3. The largest absolute Gasteiger partial charge is 0.295 e. The van der Waals surface area contributed by atoms with E-state index in [9.17, 15) is 4.39 Å². The van der Waals surface area contributed by atoms with Gasteiger partial charge in [0.1, 0.15) is 0 Å². The van der Waals surface area contributed by atoms with Crippen LogP contribution in [0.25, 0.3) is 0 Å². The Labute approximate surface area is 80.3 Å². The Bertz CT molecular complexity index is 235. The normalized spacial score (nSPS) is 21.6. The zero-order valence-corrected chi connectivity index (χ0v) is 8.95. The second kappa shape index (κ2) is 3.31. The number of alkyl halides is 1. The Morgan fingerprint density at radius 3 is 2.31 bits per heavy atom. The molecule has 0 atom stereocenters. The average Bonchev–Trinajstić information content (AvgIpc) is 1.94. The molecule has 0 bridgehead atoms. The maximum absolute atomic E-state index is 13.7. The molecule has 74 valence electrons. The van der Waals surface area contributed by atoms with Gasteiger partial charge < -0.3 is 0 Å². The Balaban J connectivity index is 2.50. The van der Waals surface area contributed by atoms with Gasteiger partial charge in [-0.25, -0.2) is 4.39 Å². The van der Waals surface area contributed by atoms with Crippen LogP contribution in [0.2, 0.25) is 0 Å². The quantitative estimate of drug-likeness (QED) is 0.563. The van der Waals surface area contributed by atoms with Crippen molar-refractivity contribution < 1.29 is 4.39 Å². The predicted molar refractivity (Wildman–Crippen MR) is 53.2 cm³/mol. The number of hydrogen-bond acceptors (Lipinski definition) is 1. The third-order valence-corrected chi connectivity index (χ3v) is 2.06. The number of nitrogens with zero attached hydrogens (tertiary/aromatic N) is 1. The Morgan fingerprint density at radius 2 is 1.92 bits per heavy atom. The lowest BCUT2D eigenvalue weighted by Gasteiger charge is -2.40. The molecule has 13 heavy (non-hydrogen) atoms. The Morgan fingerprint density at radius 1 is 1.38 bits per heavy atom. The van der Waals surface area contributed by atoms with Gasteiger partial charge in [-0.3, -0.25) is 4.90 Å². The third kappa shape index (κ3) is 3.00. The summed E-state index contributed by atoms with van der Waals surface area (Å²) in [6.07, 6.45) is 0. The van der Waals surface area contributed by atoms with E-state index < -0.39 is 5.67 Å². The van der Waals surface area contributed by atoms with E-state index in [0.29, 0.717) is 13.1 Å². The zero-order valence-electron chi connectivity index (χ0n) is 8.95. The highest BCUT2D eigenvalue weighted by Gasteiger charge is 2.41. The van der Waals surface area contributed by atoms with Crippen LogP contribution in [0.4, 0.5) is 4.39 Å². The van der Waals surface area contributed by atoms with Crippen molar-refractivity contribution in [1.29, 1.82) is 0 Å². The van der Waals surface area contributed by atoms with Crippen molar-refractivity contribution in [2.45, 2.75) is 33.4 Å². The highest BCUT2D eigenvalue weighted by Crippen LogP contribution is 2.24. The van der Waals surface area contributed by atoms with Crippen molar-refractivity contribution in [3.63, 3.8) is 0 Å². The summed E-state index contributed by atoms with van der Waals surface area (Å²) in [6.45, 7) is 9.91. The number of halogens is 1. The van der Waals surface area contributed by atoms with Crippen LogP contribution in [-0.2, 0) is 0 Å². The smallest absolute Gasteiger partial charge is 0.195 e. The molecule has 1 nitrogen and oxygen atoms in total. The summed E-state index contributed by atoms with van der Waals surface area (Å²) in [5.74, 6) is 5.70. The van der Waals surface area contributed by atoms with Gasteiger partial charge in [0.2, 0.25) is 0 Å². The van der Waals surface area contributed by atoms with E-state index in [0.717, 1.165) is 6.54 Å². The van der Waals surface area contributed by atoms with Crippen molar-refractivity contribution in [1.82, 2.24) is 4.90 Å². The first-order valence-corrected chi connectivity index (χ1v) is 4.80. The van der Waals surface area contributed by atoms with E-state index in [1.54, 1.807) is 0 Å². The molecule has 0 spiro atoms. The molecule has 1 rings (SSSR count). The second-order valence-electron chi connectivity index (χ2n) is 4.77. The van der Waals surface area contributed by atoms with E-state index in [-0.39, 0.29) is 5.41 Å². The first kappa shape index (κ1) is 10.5. The molecule has 0 aromatic heterocycles. The summed E-state index contributed by atoms with van der Waals surface area (Å²) < 4.78 is 13.7. The molecule has 1 saturated heterocycles. The molecule has 2 heteroatoms. The molecule has 0 amide bonds. The summed E-state index contributed by atoms with van der Waals surface area (Å²) in [5, 5.41) is 0. The fraction of sp³-hybridized carbons (Fsp3) is 0.818. The van der Waals surface area contributed by atoms with Gasteiger partial charge in [-0.15, -0.1) is 0 Å². The summed E-state index contributed by atoms with van der Waals surface area (Å²) in [6, 6.07) is 0. The molecular formula is C11H18FN. The van der Waals surface area contributed by atoms with Crippen molar-refractivity contribution in [2.24, 2.45) is 5.41 Å². The van der Waals surface area contributed by atoms with E-state index in [2.05, 4.69) is 16.7 Å². The van der Waals surface area contributed by atoms with Crippen LogP contribution >= 0.6 is 0 Å². The molecule has 1 heterocycles. The third-order valence-electron chi connectivity index (χ3n) is 2.06. The fourth-order valence-corrected chi connectivity index (χ4v) is 1.26. The van der Waals surface area contributed by atoms with E-state index in [4.69, 9.17) is 0 Å². The number of rotatable bonds is 1. The van der Waals surface area contributed by atoms with E-state index in [1.165, 1.54) is 0 Å². The van der Waals surface area contributed by atoms with Gasteiger partial charge in [0.05, 0.1) is 0 Å². The van der Waals surface area contributed by atoms with Gasteiger partial charge in [0.25, 0.3) is 0 Å². The van der Waals surface area contributed by atoms with Crippen LogP contribution in [-0.4, -0.2) is 30.2 Å². The number of hydrogen-bond donors (Lipinski definition) is 0. The Hall–Kier alpha value is -0.550. The molecule has 0 unspecified atom stereocenters. The zero-order chi connectivity index (χ0) is 10.1. The predicted octanol–water partition coefficient (Wildman–Crippen LogP) is 2.08. The first-order valence-electron chi connectivity index (χ1n) is 4.80. The maximum atomic E-state index is 13.7. The SMILES string of the molecule is CCN1CC(F)(C#CC(C)(C)C)C1. The number of likely N-dealkylation sites (tertiary alicyclic amines) is 1. The lowest BCUT2D eigenvalue weighted by molar-refractivity contribution is 0.0170. The summed E-state index contributed by atoms with van der Waals surface area (Å²) >= 11 is 0. The molecule has 0 radical (unpaired) electrons. The van der Waals surface area contributed by atoms with Gasteiger partial charge in [-0.2, -0.15) is 0 Å². The molecule has 1 aliphatic rings. The van der Waals surface area contributed by atoms with Crippen LogP contribution in [0.5, 0.6) is 0 Å².